The first-order valence-corrected chi connectivity index (χ1v) is 17.9. The van der Waals surface area contributed by atoms with Crippen LogP contribution in [-0.4, -0.2) is 88.1 Å². The highest BCUT2D eigenvalue weighted by atomic mass is 35.5. The molecule has 2 aromatic carbocycles. The number of fused-ring (bicyclic) bond motifs is 2. The second-order valence-corrected chi connectivity index (χ2v) is 14.3. The van der Waals surface area contributed by atoms with Gasteiger partial charge in [-0.2, -0.15) is 5.10 Å². The molecule has 0 saturated carbocycles. The molecule has 2 fully saturated rings. The number of amides is 2. The van der Waals surface area contributed by atoms with Crippen LogP contribution in [0.4, 0.5) is 16.3 Å². The average molecular weight is 721 g/mol. The van der Waals surface area contributed by atoms with Crippen LogP contribution < -0.4 is 20.9 Å². The second kappa shape index (κ2) is 13.5. The van der Waals surface area contributed by atoms with Crippen molar-refractivity contribution in [1.29, 1.82) is 0 Å². The normalized spacial score (nSPS) is 19.8. The Kier molecular flexibility index (Phi) is 8.84. The molecule has 0 unspecified atom stereocenters. The third-order valence-corrected chi connectivity index (χ3v) is 11.3. The summed E-state index contributed by atoms with van der Waals surface area (Å²) in [6.45, 7) is 5.49. The maximum absolute atomic E-state index is 13.0. The average Bonchev–Trinajstić information content (AvgIpc) is 3.85. The first-order chi connectivity index (χ1) is 25.2. The molecule has 5 heterocycles. The Morgan fingerprint density at radius 2 is 1.88 bits per heavy atom. The Balaban J connectivity index is 1.08. The van der Waals surface area contributed by atoms with E-state index in [1.807, 2.05) is 48.2 Å². The van der Waals surface area contributed by atoms with Crippen LogP contribution in [0.1, 0.15) is 35.6 Å². The predicted molar refractivity (Wildman–Crippen MR) is 201 cm³/mol. The molecule has 52 heavy (non-hydrogen) atoms. The van der Waals surface area contributed by atoms with Crippen LogP contribution in [0.3, 0.4) is 0 Å². The lowest BCUT2D eigenvalue weighted by Crippen LogP contribution is -2.46. The molecule has 268 valence electrons. The van der Waals surface area contributed by atoms with E-state index < -0.39 is 0 Å². The molecule has 3 aromatic heterocycles. The number of hydrogen-bond donors (Lipinski definition) is 2. The number of nitrogens with zero attached hydrogens (tertiary/aromatic N) is 6. The van der Waals surface area contributed by atoms with Gasteiger partial charge in [0.15, 0.2) is 0 Å². The van der Waals surface area contributed by atoms with Crippen molar-refractivity contribution in [3.8, 4) is 28.3 Å². The van der Waals surface area contributed by atoms with Crippen LogP contribution >= 0.6 is 11.6 Å². The highest BCUT2D eigenvalue weighted by Gasteiger charge is 2.49. The van der Waals surface area contributed by atoms with Gasteiger partial charge in [-0.05, 0) is 61.1 Å². The Morgan fingerprint density at radius 1 is 1.08 bits per heavy atom. The molecule has 2 amide bonds. The summed E-state index contributed by atoms with van der Waals surface area (Å²) in [6.07, 6.45) is 6.08. The third kappa shape index (κ3) is 5.84. The summed E-state index contributed by atoms with van der Waals surface area (Å²) >= 11 is 7.26. The van der Waals surface area contributed by atoms with Gasteiger partial charge in [-0.25, -0.2) is 19.4 Å². The zero-order valence-corrected chi connectivity index (χ0v) is 30.5. The molecule has 3 aliphatic rings. The zero-order chi connectivity index (χ0) is 36.1. The van der Waals surface area contributed by atoms with E-state index in [-0.39, 0.29) is 23.2 Å². The molecule has 2 N–H and O–H groups in total. The van der Waals surface area contributed by atoms with E-state index in [1.54, 1.807) is 39.7 Å². The number of urea groups is 1. The quantitative estimate of drug-likeness (QED) is 0.192. The van der Waals surface area contributed by atoms with Gasteiger partial charge < -0.3 is 25.0 Å². The number of aryl methyl sites for hydroxylation is 2. The number of methoxy groups -OCH3 is 2. The van der Waals surface area contributed by atoms with Crippen molar-refractivity contribution in [2.45, 2.75) is 37.8 Å². The fraction of sp³-hybridized carbons (Fsp3) is 0.359. The Labute approximate surface area is 306 Å². The third-order valence-electron chi connectivity index (χ3n) is 10.9. The van der Waals surface area contributed by atoms with E-state index in [0.717, 1.165) is 71.6 Å². The minimum absolute atomic E-state index is 0.0152. The van der Waals surface area contributed by atoms with Crippen molar-refractivity contribution in [1.82, 2.24) is 34.9 Å². The molecular formula is C39H41ClN8O4. The first kappa shape index (κ1) is 34.1. The number of ether oxygens (including phenoxy) is 2. The van der Waals surface area contributed by atoms with E-state index in [2.05, 4.69) is 31.7 Å². The fourth-order valence-corrected chi connectivity index (χ4v) is 8.53. The Bertz CT molecular complexity index is 2280. The molecule has 0 radical (unpaired) electrons. The molecule has 8 rings (SSSR count). The van der Waals surface area contributed by atoms with E-state index in [9.17, 15) is 9.59 Å². The van der Waals surface area contributed by atoms with Gasteiger partial charge in [-0.3, -0.25) is 9.69 Å². The van der Waals surface area contributed by atoms with Gasteiger partial charge >= 0.3 is 6.03 Å². The number of benzene rings is 2. The van der Waals surface area contributed by atoms with Crippen molar-refractivity contribution in [2.24, 2.45) is 7.05 Å². The van der Waals surface area contributed by atoms with Crippen molar-refractivity contribution in [3.63, 3.8) is 0 Å². The number of aromatic nitrogens is 4. The van der Waals surface area contributed by atoms with Crippen molar-refractivity contribution in [2.75, 3.05) is 52.3 Å². The van der Waals surface area contributed by atoms with Gasteiger partial charge in [0.1, 0.15) is 5.82 Å². The first-order valence-electron chi connectivity index (χ1n) is 17.5. The van der Waals surface area contributed by atoms with Crippen LogP contribution in [0.25, 0.3) is 33.2 Å². The lowest BCUT2D eigenvalue weighted by Gasteiger charge is -2.28. The van der Waals surface area contributed by atoms with Crippen LogP contribution in [0.5, 0.6) is 5.88 Å². The largest absolute Gasteiger partial charge is 0.481 e. The van der Waals surface area contributed by atoms with E-state index >= 15 is 0 Å². The fourth-order valence-electron chi connectivity index (χ4n) is 8.20. The maximum atomic E-state index is 13.0. The predicted octanol–water partition coefficient (Wildman–Crippen LogP) is 5.87. The minimum Gasteiger partial charge on any atom is -0.481 e. The molecule has 5 aromatic rings. The molecule has 2 saturated heterocycles. The number of halogens is 1. The minimum atomic E-state index is -0.257. The number of rotatable bonds is 9. The lowest BCUT2D eigenvalue weighted by molar-refractivity contribution is 0.158. The number of carbonyl (C=O) groups excluding carboxylic acids is 1. The summed E-state index contributed by atoms with van der Waals surface area (Å²) in [7, 11) is 4.96. The Hall–Kier alpha value is -5.04. The molecule has 0 bridgehead atoms. The number of nitrogens with one attached hydrogen (secondary N) is 2. The molecule has 1 aliphatic carbocycles. The summed E-state index contributed by atoms with van der Waals surface area (Å²) < 4.78 is 12.5. The number of likely N-dealkylation sites (tertiary alicyclic amines) is 1. The molecular weight excluding hydrogens is 680 g/mol. The summed E-state index contributed by atoms with van der Waals surface area (Å²) in [5, 5.41) is 12.6. The smallest absolute Gasteiger partial charge is 0.318 e. The van der Waals surface area contributed by atoms with Gasteiger partial charge in [0.05, 0.1) is 41.6 Å². The molecule has 12 nitrogen and oxygen atoms in total. The monoisotopic (exact) mass is 720 g/mol. The van der Waals surface area contributed by atoms with Gasteiger partial charge in [-0.1, -0.05) is 41.9 Å². The topological polar surface area (TPSA) is 127 Å². The summed E-state index contributed by atoms with van der Waals surface area (Å²) in [5.74, 6) is 1.08. The van der Waals surface area contributed by atoms with Crippen LogP contribution in [-0.2, 0) is 18.2 Å². The standard InChI is InChI=1S/C39H41ClN8O4/c1-23-26(7-6-10-29(23)43-35-33-25(13-15-41-35)20-42-46(2)37(33)49)27-8-5-9-28(34(27)40)30-19-24-11-12-31(32(24)36(44-30)52-4)47-16-14-39(21-47)22-48(17-18-51-3)38(50)45-39/h5-10,13,15,19-20,31H,11-12,14,16-18,21-22H2,1-4H3,(H,41,43)(H,45,50)/t31-,39+/m1/s1. The van der Waals surface area contributed by atoms with Crippen LogP contribution in [0.15, 0.2) is 65.7 Å². The molecule has 2 aliphatic heterocycles. The van der Waals surface area contributed by atoms with Crippen molar-refractivity contribution < 1.29 is 14.3 Å². The highest BCUT2D eigenvalue weighted by molar-refractivity contribution is 6.36. The van der Waals surface area contributed by atoms with Gasteiger partial charge in [0, 0.05) is 80.3 Å². The van der Waals surface area contributed by atoms with E-state index in [0.29, 0.717) is 47.2 Å². The number of pyridine rings is 2. The van der Waals surface area contributed by atoms with Crippen molar-refractivity contribution >= 4 is 39.9 Å². The number of anilines is 2. The van der Waals surface area contributed by atoms with Crippen LogP contribution in [0.2, 0.25) is 5.02 Å². The summed E-state index contributed by atoms with van der Waals surface area (Å²) in [6, 6.07) is 16.1. The highest BCUT2D eigenvalue weighted by Crippen LogP contribution is 2.46. The lowest BCUT2D eigenvalue weighted by atomic mass is 9.96. The van der Waals surface area contributed by atoms with Gasteiger partial charge in [-0.15, -0.1) is 0 Å². The van der Waals surface area contributed by atoms with E-state index in [4.69, 9.17) is 26.1 Å². The zero-order valence-electron chi connectivity index (χ0n) is 29.7. The number of carbonyl (C=O) groups is 1. The SMILES string of the molecule is COCCN1C[C@@]2(CCN([C@@H]3CCc4cc(-c5cccc(-c6cccc(Nc7nccc8cnn(C)c(=O)c78)c6C)c5Cl)nc(OC)c43)C2)NC1=O. The molecule has 13 heteroatoms. The number of hydrogen-bond acceptors (Lipinski definition) is 9. The molecule has 1 spiro atoms. The van der Waals surface area contributed by atoms with Gasteiger partial charge in [0.25, 0.3) is 5.56 Å². The molecule has 2 atom stereocenters. The maximum Gasteiger partial charge on any atom is 0.318 e. The summed E-state index contributed by atoms with van der Waals surface area (Å²) in [4.78, 5) is 39.6. The Morgan fingerprint density at radius 3 is 2.71 bits per heavy atom. The van der Waals surface area contributed by atoms with E-state index in [1.165, 1.54) is 10.2 Å². The van der Waals surface area contributed by atoms with Crippen molar-refractivity contribution in [3.05, 3.63) is 93.0 Å². The second-order valence-electron chi connectivity index (χ2n) is 14.0. The van der Waals surface area contributed by atoms with Crippen LogP contribution in [0, 0.1) is 6.92 Å². The van der Waals surface area contributed by atoms with Gasteiger partial charge in [0.2, 0.25) is 5.88 Å². The summed E-state index contributed by atoms with van der Waals surface area (Å²) in [5.41, 5.74) is 7.00.